The molecule has 48 heavy (non-hydrogen) atoms. The Bertz CT molecular complexity index is 2150. The molecule has 0 fully saturated rings. The first-order valence-corrected chi connectivity index (χ1v) is 17.3. The molecule has 0 saturated carbocycles. The predicted molar refractivity (Wildman–Crippen MR) is 203 cm³/mol. The van der Waals surface area contributed by atoms with Crippen LogP contribution in [0, 0.1) is 6.92 Å². The number of aromatic nitrogens is 1. The van der Waals surface area contributed by atoms with Crippen molar-refractivity contribution in [1.29, 1.82) is 0 Å². The van der Waals surface area contributed by atoms with Gasteiger partial charge in [-0.15, -0.1) is 0 Å². The number of hydrogen-bond donors (Lipinski definition) is 0. The molecule has 1 aliphatic carbocycles. The fourth-order valence-electron chi connectivity index (χ4n) is 7.22. The molecule has 0 atom stereocenters. The Morgan fingerprint density at radius 2 is 0.896 bits per heavy atom. The summed E-state index contributed by atoms with van der Waals surface area (Å²) >= 11 is 0. The van der Waals surface area contributed by atoms with Gasteiger partial charge in [0.05, 0.1) is 11.4 Å². The number of hydrogen-bond acceptors (Lipinski definition) is 1. The Kier molecular flexibility index (Phi) is 8.27. The normalized spacial score (nSPS) is 12.7. The number of pyridine rings is 1. The molecule has 0 spiro atoms. The zero-order valence-corrected chi connectivity index (χ0v) is 27.5. The molecule has 1 aromatic heterocycles. The van der Waals surface area contributed by atoms with Crippen molar-refractivity contribution in [3.63, 3.8) is 0 Å². The Morgan fingerprint density at radius 3 is 1.60 bits per heavy atom. The number of fused-ring (bicyclic) bond motifs is 3. The predicted octanol–water partition coefficient (Wildman–Crippen LogP) is 12.7. The molecule has 0 amide bonds. The smallest absolute Gasteiger partial charge is 0.0715 e. The maximum Gasteiger partial charge on any atom is 0.0715 e. The van der Waals surface area contributed by atoms with Crippen molar-refractivity contribution in [3.05, 3.63) is 174 Å². The molecule has 0 aliphatic heterocycles. The van der Waals surface area contributed by atoms with E-state index in [9.17, 15) is 0 Å². The fraction of sp³-hybridized carbons (Fsp3) is 0.128. The summed E-state index contributed by atoms with van der Waals surface area (Å²) in [7, 11) is 0. The Labute approximate surface area is 284 Å². The van der Waals surface area contributed by atoms with Crippen LogP contribution in [0.1, 0.15) is 36.0 Å². The van der Waals surface area contributed by atoms with Crippen LogP contribution in [0.2, 0.25) is 0 Å². The molecule has 0 unspecified atom stereocenters. The lowest BCUT2D eigenvalue weighted by molar-refractivity contribution is 0.683. The van der Waals surface area contributed by atoms with Gasteiger partial charge < -0.3 is 0 Å². The maximum atomic E-state index is 5.10. The van der Waals surface area contributed by atoms with Gasteiger partial charge in [-0.2, -0.15) is 0 Å². The van der Waals surface area contributed by atoms with Gasteiger partial charge in [0.1, 0.15) is 0 Å². The van der Waals surface area contributed by atoms with E-state index in [1.807, 2.05) is 0 Å². The number of nitrogens with zero attached hydrogens (tertiary/aromatic N) is 1. The first-order chi connectivity index (χ1) is 23.7. The highest BCUT2D eigenvalue weighted by molar-refractivity contribution is 5.83. The molecule has 1 heteroatoms. The van der Waals surface area contributed by atoms with Gasteiger partial charge in [-0.25, -0.2) is 4.98 Å². The summed E-state index contributed by atoms with van der Waals surface area (Å²) in [4.78, 5) is 5.10. The second-order valence-corrected chi connectivity index (χ2v) is 13.1. The highest BCUT2D eigenvalue weighted by Gasteiger charge is 2.15. The first-order valence-electron chi connectivity index (χ1n) is 17.3. The molecule has 1 heterocycles. The number of benzene rings is 6. The minimum Gasteiger partial charge on any atom is -0.248 e. The Morgan fingerprint density at radius 1 is 0.354 bits per heavy atom. The molecule has 0 bridgehead atoms. The van der Waals surface area contributed by atoms with Gasteiger partial charge in [0.25, 0.3) is 0 Å². The van der Waals surface area contributed by atoms with E-state index in [-0.39, 0.29) is 0 Å². The molecule has 0 N–H and O–H groups in total. The summed E-state index contributed by atoms with van der Waals surface area (Å²) in [5.41, 5.74) is 18.6. The minimum atomic E-state index is 0.978. The van der Waals surface area contributed by atoms with Gasteiger partial charge in [-0.1, -0.05) is 134 Å². The molecule has 232 valence electrons. The quantitative estimate of drug-likeness (QED) is 0.187. The van der Waals surface area contributed by atoms with Crippen molar-refractivity contribution in [2.24, 2.45) is 0 Å². The fourth-order valence-corrected chi connectivity index (χ4v) is 7.22. The van der Waals surface area contributed by atoms with E-state index in [0.29, 0.717) is 0 Å². The zero-order chi connectivity index (χ0) is 32.3. The van der Waals surface area contributed by atoms with Crippen molar-refractivity contribution in [1.82, 2.24) is 4.98 Å². The molecule has 6 aromatic carbocycles. The maximum absolute atomic E-state index is 5.10. The summed E-state index contributed by atoms with van der Waals surface area (Å²) in [6.07, 6.45) is 6.10. The van der Waals surface area contributed by atoms with Crippen LogP contribution in [-0.4, -0.2) is 4.98 Å². The third-order valence-electron chi connectivity index (χ3n) is 9.85. The molecule has 1 nitrogen and oxygen atoms in total. The van der Waals surface area contributed by atoms with Crippen molar-refractivity contribution in [2.45, 2.75) is 39.0 Å². The van der Waals surface area contributed by atoms with E-state index in [2.05, 4.69) is 165 Å². The van der Waals surface area contributed by atoms with Crippen LogP contribution in [0.4, 0.5) is 0 Å². The Hall–Kier alpha value is -5.53. The van der Waals surface area contributed by atoms with E-state index < -0.39 is 0 Å². The number of rotatable bonds is 5. The van der Waals surface area contributed by atoms with Crippen molar-refractivity contribution in [3.8, 4) is 67.0 Å². The highest BCUT2D eigenvalue weighted by Crippen LogP contribution is 2.38. The standard InChI is InChI=1S/C47H39N/c1-33-24-25-39(40-27-26-35-15-6-2-5-14-34-16-11-12-23-43(34)45(35)30-40)29-44(33)41-22-13-21-38(28-41)42-31-46(36-17-7-3-8-18-36)48-47(32-42)37-19-9-4-10-20-37/h3-4,7-13,16-32H,2,5-6,14-15H2,1H3. The minimum absolute atomic E-state index is 0.978. The van der Waals surface area contributed by atoms with E-state index in [4.69, 9.17) is 4.98 Å². The summed E-state index contributed by atoms with van der Waals surface area (Å²) in [6, 6.07) is 57.5. The van der Waals surface area contributed by atoms with Gasteiger partial charge in [-0.3, -0.25) is 0 Å². The van der Waals surface area contributed by atoms with Crippen molar-refractivity contribution in [2.75, 3.05) is 0 Å². The first kappa shape index (κ1) is 29.8. The average Bonchev–Trinajstić information content (AvgIpc) is 3.24. The van der Waals surface area contributed by atoms with Gasteiger partial charge in [0.2, 0.25) is 0 Å². The van der Waals surface area contributed by atoms with Gasteiger partial charge >= 0.3 is 0 Å². The van der Waals surface area contributed by atoms with Crippen LogP contribution in [0.15, 0.2) is 158 Å². The topological polar surface area (TPSA) is 12.9 Å². The van der Waals surface area contributed by atoms with Crippen LogP contribution in [0.25, 0.3) is 67.0 Å². The summed E-state index contributed by atoms with van der Waals surface area (Å²) < 4.78 is 0. The average molecular weight is 618 g/mol. The van der Waals surface area contributed by atoms with Gasteiger partial charge in [0, 0.05) is 11.1 Å². The third kappa shape index (κ3) is 6.12. The molecule has 0 saturated heterocycles. The molecular weight excluding hydrogens is 579 g/mol. The van der Waals surface area contributed by atoms with E-state index in [1.54, 1.807) is 0 Å². The van der Waals surface area contributed by atoms with E-state index in [0.717, 1.165) is 40.9 Å². The third-order valence-corrected chi connectivity index (χ3v) is 9.85. The molecule has 8 rings (SSSR count). The molecule has 7 aromatic rings. The summed E-state index contributed by atoms with van der Waals surface area (Å²) in [5.74, 6) is 0. The second-order valence-electron chi connectivity index (χ2n) is 13.1. The molecule has 0 radical (unpaired) electrons. The van der Waals surface area contributed by atoms with Crippen molar-refractivity contribution >= 4 is 0 Å². The van der Waals surface area contributed by atoms with Crippen LogP contribution in [0.5, 0.6) is 0 Å². The Balaban J connectivity index is 1.20. The lowest BCUT2D eigenvalue weighted by Gasteiger charge is -2.16. The van der Waals surface area contributed by atoms with E-state index >= 15 is 0 Å². The van der Waals surface area contributed by atoms with Crippen LogP contribution >= 0.6 is 0 Å². The molecular formula is C47H39N. The lowest BCUT2D eigenvalue weighted by Crippen LogP contribution is -1.94. The summed E-state index contributed by atoms with van der Waals surface area (Å²) in [5, 5.41) is 0. The lowest BCUT2D eigenvalue weighted by atomic mass is 9.89. The van der Waals surface area contributed by atoms with Crippen LogP contribution < -0.4 is 0 Å². The largest absolute Gasteiger partial charge is 0.248 e. The number of aryl methyl sites for hydroxylation is 3. The van der Waals surface area contributed by atoms with Gasteiger partial charge in [0.15, 0.2) is 0 Å². The summed E-state index contributed by atoms with van der Waals surface area (Å²) in [6.45, 7) is 2.22. The van der Waals surface area contributed by atoms with Crippen LogP contribution in [-0.2, 0) is 12.8 Å². The van der Waals surface area contributed by atoms with Crippen molar-refractivity contribution < 1.29 is 0 Å². The second kappa shape index (κ2) is 13.3. The highest BCUT2D eigenvalue weighted by atomic mass is 14.7. The molecule has 1 aliphatic rings. The SMILES string of the molecule is Cc1ccc(-c2ccc3c(c2)-c2ccccc2CCCCC3)cc1-c1cccc(-c2cc(-c3ccccc3)nc(-c3ccccc3)c2)c1. The van der Waals surface area contributed by atoms with E-state index in [1.165, 1.54) is 74.9 Å². The van der Waals surface area contributed by atoms with Gasteiger partial charge in [-0.05, 0) is 124 Å². The zero-order valence-electron chi connectivity index (χ0n) is 27.5. The van der Waals surface area contributed by atoms with Crippen LogP contribution in [0.3, 0.4) is 0 Å². The monoisotopic (exact) mass is 617 g/mol.